The van der Waals surface area contributed by atoms with E-state index in [2.05, 4.69) is 20.5 Å². The number of alkyl halides is 3. The van der Waals surface area contributed by atoms with Crippen molar-refractivity contribution in [1.82, 2.24) is 15.5 Å². The topological polar surface area (TPSA) is 48.9 Å². The molecule has 5 nitrogen and oxygen atoms in total. The van der Waals surface area contributed by atoms with Gasteiger partial charge in [-0.2, -0.15) is 13.2 Å². The lowest BCUT2D eigenvalue weighted by Gasteiger charge is -2.48. The molecular formula is C21H32F3IN4O. The molecule has 0 atom stereocenters. The second-order valence-electron chi connectivity index (χ2n) is 7.86. The van der Waals surface area contributed by atoms with Crippen LogP contribution in [-0.2, 0) is 17.5 Å². The molecule has 30 heavy (non-hydrogen) atoms. The van der Waals surface area contributed by atoms with Gasteiger partial charge < -0.3 is 15.4 Å². The van der Waals surface area contributed by atoms with Crippen molar-refractivity contribution < 1.29 is 17.9 Å². The molecule has 1 aliphatic carbocycles. The first-order valence-electron chi connectivity index (χ1n) is 10.4. The van der Waals surface area contributed by atoms with Crippen LogP contribution >= 0.6 is 24.0 Å². The zero-order valence-corrected chi connectivity index (χ0v) is 19.8. The lowest BCUT2D eigenvalue weighted by molar-refractivity contribution is -0.137. The van der Waals surface area contributed by atoms with Crippen LogP contribution in [0.1, 0.15) is 43.2 Å². The van der Waals surface area contributed by atoms with Crippen molar-refractivity contribution in [2.45, 2.75) is 50.4 Å². The fourth-order valence-electron chi connectivity index (χ4n) is 4.36. The lowest BCUT2D eigenvalue weighted by atomic mass is 9.80. The van der Waals surface area contributed by atoms with E-state index >= 15 is 0 Å². The number of nitrogens with one attached hydrogen (secondary N) is 2. The summed E-state index contributed by atoms with van der Waals surface area (Å²) in [5.41, 5.74) is 0.0344. The van der Waals surface area contributed by atoms with Gasteiger partial charge in [-0.15, -0.1) is 24.0 Å². The number of benzene rings is 1. The summed E-state index contributed by atoms with van der Waals surface area (Å²) in [5.74, 6) is 0.612. The summed E-state index contributed by atoms with van der Waals surface area (Å²) in [5, 5.41) is 6.58. The number of halogens is 4. The number of morpholine rings is 1. The number of guanidine groups is 1. The van der Waals surface area contributed by atoms with Crippen molar-refractivity contribution in [3.05, 3.63) is 35.4 Å². The first-order chi connectivity index (χ1) is 13.9. The van der Waals surface area contributed by atoms with Gasteiger partial charge in [0.25, 0.3) is 0 Å². The second kappa shape index (κ2) is 11.5. The summed E-state index contributed by atoms with van der Waals surface area (Å²) in [6, 6.07) is 5.39. The third kappa shape index (κ3) is 6.71. The normalized spacial score (nSPS) is 20.3. The fourth-order valence-corrected chi connectivity index (χ4v) is 4.36. The molecule has 0 amide bonds. The molecule has 0 radical (unpaired) electrons. The molecule has 1 aromatic carbocycles. The average molecular weight is 540 g/mol. The molecule has 170 valence electrons. The van der Waals surface area contributed by atoms with Crippen molar-refractivity contribution in [3.8, 4) is 0 Å². The minimum absolute atomic E-state index is 0. The van der Waals surface area contributed by atoms with E-state index in [1.807, 2.05) is 0 Å². The molecule has 2 aliphatic rings. The molecule has 1 aliphatic heterocycles. The van der Waals surface area contributed by atoms with E-state index in [0.717, 1.165) is 51.8 Å². The van der Waals surface area contributed by atoms with E-state index in [1.165, 1.54) is 31.4 Å². The van der Waals surface area contributed by atoms with Gasteiger partial charge in [0.2, 0.25) is 0 Å². The number of rotatable bonds is 5. The number of hydrogen-bond acceptors (Lipinski definition) is 3. The molecule has 1 saturated carbocycles. The van der Waals surface area contributed by atoms with Crippen LogP contribution in [0.2, 0.25) is 0 Å². The molecule has 0 spiro atoms. The first kappa shape index (κ1) is 25.2. The molecular weight excluding hydrogens is 508 g/mol. The first-order valence-corrected chi connectivity index (χ1v) is 10.4. The van der Waals surface area contributed by atoms with Crippen molar-refractivity contribution in [2.75, 3.05) is 39.9 Å². The predicted octanol–water partition coefficient (Wildman–Crippen LogP) is 4.02. The largest absolute Gasteiger partial charge is 0.416 e. The quantitative estimate of drug-likeness (QED) is 0.337. The van der Waals surface area contributed by atoms with Crippen LogP contribution in [0.4, 0.5) is 13.2 Å². The molecule has 2 fully saturated rings. The summed E-state index contributed by atoms with van der Waals surface area (Å²) >= 11 is 0. The van der Waals surface area contributed by atoms with E-state index in [-0.39, 0.29) is 36.1 Å². The highest BCUT2D eigenvalue weighted by atomic mass is 127. The minimum Gasteiger partial charge on any atom is -0.379 e. The molecule has 1 aromatic rings. The van der Waals surface area contributed by atoms with Crippen LogP contribution in [0, 0.1) is 0 Å². The molecule has 3 rings (SSSR count). The van der Waals surface area contributed by atoms with Crippen LogP contribution < -0.4 is 10.6 Å². The van der Waals surface area contributed by atoms with Crippen LogP contribution in [-0.4, -0.2) is 56.3 Å². The fraction of sp³-hybridized carbons (Fsp3) is 0.667. The van der Waals surface area contributed by atoms with Gasteiger partial charge in [-0.3, -0.25) is 9.89 Å². The lowest BCUT2D eigenvalue weighted by Crippen LogP contribution is -2.60. The van der Waals surface area contributed by atoms with Gasteiger partial charge in [0, 0.05) is 38.8 Å². The predicted molar refractivity (Wildman–Crippen MR) is 123 cm³/mol. The number of hydrogen-bond donors (Lipinski definition) is 2. The maximum atomic E-state index is 12.9. The summed E-state index contributed by atoms with van der Waals surface area (Å²) in [4.78, 5) is 6.81. The van der Waals surface area contributed by atoms with Gasteiger partial charge in [0.15, 0.2) is 5.96 Å². The zero-order chi connectivity index (χ0) is 20.7. The molecule has 0 unspecified atom stereocenters. The third-order valence-corrected chi connectivity index (χ3v) is 5.99. The SMILES string of the molecule is CN=C(NCc1cccc(C(F)(F)F)c1)NCC1(N2CCOCC2)CCCCC1.I. The number of ether oxygens (including phenoxy) is 1. The van der Waals surface area contributed by atoms with Gasteiger partial charge in [-0.1, -0.05) is 31.4 Å². The Hall–Kier alpha value is -1.07. The number of aliphatic imine (C=N–C) groups is 1. The summed E-state index contributed by atoms with van der Waals surface area (Å²) < 4.78 is 44.3. The van der Waals surface area contributed by atoms with E-state index in [9.17, 15) is 13.2 Å². The Morgan fingerprint density at radius 2 is 1.83 bits per heavy atom. The average Bonchev–Trinajstić information content (AvgIpc) is 2.75. The van der Waals surface area contributed by atoms with E-state index < -0.39 is 11.7 Å². The third-order valence-electron chi connectivity index (χ3n) is 5.99. The standard InChI is InChI=1S/C21H31F3N4O.HI/c1-25-19(26-15-17-6-5-7-18(14-17)21(22,23)24)27-16-20(8-3-2-4-9-20)28-10-12-29-13-11-28;/h5-7,14H,2-4,8-13,15-16H2,1H3,(H2,25,26,27);1H. The Morgan fingerprint density at radius 3 is 2.47 bits per heavy atom. The van der Waals surface area contributed by atoms with Crippen LogP contribution in [0.5, 0.6) is 0 Å². The van der Waals surface area contributed by atoms with E-state index in [1.54, 1.807) is 13.1 Å². The maximum Gasteiger partial charge on any atom is 0.416 e. The Kier molecular flexibility index (Phi) is 9.67. The van der Waals surface area contributed by atoms with Crippen molar-refractivity contribution >= 4 is 29.9 Å². The Labute approximate surface area is 193 Å². The van der Waals surface area contributed by atoms with Gasteiger partial charge in [0.05, 0.1) is 18.8 Å². The van der Waals surface area contributed by atoms with E-state index in [4.69, 9.17) is 4.74 Å². The van der Waals surface area contributed by atoms with Crippen molar-refractivity contribution in [2.24, 2.45) is 4.99 Å². The highest BCUT2D eigenvalue weighted by Gasteiger charge is 2.38. The molecule has 2 N–H and O–H groups in total. The monoisotopic (exact) mass is 540 g/mol. The Balaban J connectivity index is 0.00000320. The van der Waals surface area contributed by atoms with Gasteiger partial charge in [-0.05, 0) is 30.5 Å². The molecule has 9 heteroatoms. The molecule has 0 aromatic heterocycles. The van der Waals surface area contributed by atoms with E-state index in [0.29, 0.717) is 11.5 Å². The van der Waals surface area contributed by atoms with Gasteiger partial charge in [-0.25, -0.2) is 0 Å². The van der Waals surface area contributed by atoms with Crippen LogP contribution in [0.3, 0.4) is 0 Å². The zero-order valence-electron chi connectivity index (χ0n) is 17.4. The van der Waals surface area contributed by atoms with Crippen LogP contribution in [0.25, 0.3) is 0 Å². The Morgan fingerprint density at radius 1 is 1.13 bits per heavy atom. The maximum absolute atomic E-state index is 12.9. The van der Waals surface area contributed by atoms with Crippen molar-refractivity contribution in [1.29, 1.82) is 0 Å². The Bertz CT molecular complexity index is 687. The van der Waals surface area contributed by atoms with Gasteiger partial charge in [0.1, 0.15) is 0 Å². The highest BCUT2D eigenvalue weighted by Crippen LogP contribution is 2.34. The smallest absolute Gasteiger partial charge is 0.379 e. The van der Waals surface area contributed by atoms with Crippen molar-refractivity contribution in [3.63, 3.8) is 0 Å². The summed E-state index contributed by atoms with van der Waals surface area (Å²) in [6.07, 6.45) is 1.66. The van der Waals surface area contributed by atoms with Crippen LogP contribution in [0.15, 0.2) is 29.3 Å². The second-order valence-corrected chi connectivity index (χ2v) is 7.86. The minimum atomic E-state index is -4.33. The van der Waals surface area contributed by atoms with Gasteiger partial charge >= 0.3 is 6.18 Å². The number of nitrogens with zero attached hydrogens (tertiary/aromatic N) is 2. The molecule has 0 bridgehead atoms. The highest BCUT2D eigenvalue weighted by molar-refractivity contribution is 14.0. The molecule has 1 heterocycles. The summed E-state index contributed by atoms with van der Waals surface area (Å²) in [7, 11) is 1.68. The summed E-state index contributed by atoms with van der Waals surface area (Å²) in [6.45, 7) is 4.48. The molecule has 1 saturated heterocycles.